The molecular formula is C11H21N5. The summed E-state index contributed by atoms with van der Waals surface area (Å²) in [5, 5.41) is 7.67. The Bertz CT molecular complexity index is 338. The van der Waals surface area contributed by atoms with Gasteiger partial charge in [-0.05, 0) is 13.8 Å². The molecule has 2 heterocycles. The second-order valence-corrected chi connectivity index (χ2v) is 4.62. The number of anilines is 1. The molecule has 0 aliphatic carbocycles. The van der Waals surface area contributed by atoms with Gasteiger partial charge in [0.1, 0.15) is 5.82 Å². The summed E-state index contributed by atoms with van der Waals surface area (Å²) >= 11 is 0. The fraction of sp³-hybridized carbons (Fsp3) is 0.727. The highest BCUT2D eigenvalue weighted by Gasteiger charge is 2.15. The molecule has 1 fully saturated rings. The van der Waals surface area contributed by atoms with Crippen molar-refractivity contribution in [2.75, 3.05) is 31.9 Å². The summed E-state index contributed by atoms with van der Waals surface area (Å²) < 4.78 is 1.89. The van der Waals surface area contributed by atoms with Crippen molar-refractivity contribution in [3.8, 4) is 0 Å². The third-order valence-corrected chi connectivity index (χ3v) is 3.01. The van der Waals surface area contributed by atoms with Crippen LogP contribution in [0.2, 0.25) is 0 Å². The number of nitrogens with two attached hydrogens (primary N) is 1. The number of hydrogen-bond donors (Lipinski definition) is 2. The van der Waals surface area contributed by atoms with Crippen LogP contribution in [-0.2, 0) is 6.54 Å². The van der Waals surface area contributed by atoms with E-state index in [1.165, 1.54) is 0 Å². The second kappa shape index (κ2) is 4.84. The number of rotatable bonds is 3. The van der Waals surface area contributed by atoms with Gasteiger partial charge < -0.3 is 11.1 Å². The van der Waals surface area contributed by atoms with Gasteiger partial charge in [0.15, 0.2) is 0 Å². The molecule has 5 nitrogen and oxygen atoms in total. The van der Waals surface area contributed by atoms with Crippen LogP contribution in [0.4, 0.5) is 5.82 Å². The molecule has 2 rings (SSSR count). The van der Waals surface area contributed by atoms with Crippen molar-refractivity contribution in [3.05, 3.63) is 11.8 Å². The van der Waals surface area contributed by atoms with Gasteiger partial charge in [-0.1, -0.05) is 0 Å². The Labute approximate surface area is 96.6 Å². The first kappa shape index (κ1) is 11.4. The first-order chi connectivity index (χ1) is 7.68. The number of aromatic nitrogens is 2. The second-order valence-electron chi connectivity index (χ2n) is 4.62. The maximum atomic E-state index is 6.08. The Kier molecular flexibility index (Phi) is 3.46. The standard InChI is InChI=1S/C11H21N5/c1-9(2)16-11(12)10(7-14-16)8-15-5-3-13-4-6-15/h7,9,13H,3-6,8,12H2,1-2H3. The number of nitrogen functional groups attached to an aromatic ring is 1. The SMILES string of the molecule is CC(C)n1ncc(CN2CCNCC2)c1N. The van der Waals surface area contributed by atoms with Crippen molar-refractivity contribution >= 4 is 5.82 Å². The van der Waals surface area contributed by atoms with Gasteiger partial charge in [-0.25, -0.2) is 4.68 Å². The Morgan fingerprint density at radius 1 is 1.44 bits per heavy atom. The van der Waals surface area contributed by atoms with E-state index in [0.717, 1.165) is 44.1 Å². The lowest BCUT2D eigenvalue weighted by molar-refractivity contribution is 0.233. The third-order valence-electron chi connectivity index (χ3n) is 3.01. The molecule has 0 atom stereocenters. The lowest BCUT2D eigenvalue weighted by Gasteiger charge is -2.26. The zero-order valence-corrected chi connectivity index (χ0v) is 10.1. The van der Waals surface area contributed by atoms with E-state index in [-0.39, 0.29) is 0 Å². The first-order valence-electron chi connectivity index (χ1n) is 5.93. The van der Waals surface area contributed by atoms with E-state index >= 15 is 0 Å². The largest absolute Gasteiger partial charge is 0.384 e. The average Bonchev–Trinajstić information content (AvgIpc) is 2.62. The molecule has 0 unspecified atom stereocenters. The van der Waals surface area contributed by atoms with Crippen LogP contribution >= 0.6 is 0 Å². The molecule has 0 saturated carbocycles. The lowest BCUT2D eigenvalue weighted by atomic mass is 10.2. The van der Waals surface area contributed by atoms with E-state index < -0.39 is 0 Å². The fourth-order valence-corrected chi connectivity index (χ4v) is 2.05. The molecule has 16 heavy (non-hydrogen) atoms. The maximum absolute atomic E-state index is 6.08. The molecule has 90 valence electrons. The lowest BCUT2D eigenvalue weighted by Crippen LogP contribution is -2.42. The van der Waals surface area contributed by atoms with Crippen molar-refractivity contribution in [2.45, 2.75) is 26.4 Å². The van der Waals surface area contributed by atoms with Gasteiger partial charge >= 0.3 is 0 Å². The van der Waals surface area contributed by atoms with Crippen LogP contribution in [0.3, 0.4) is 0 Å². The Morgan fingerprint density at radius 3 is 2.69 bits per heavy atom. The minimum absolute atomic E-state index is 0.330. The molecule has 5 heteroatoms. The van der Waals surface area contributed by atoms with Crippen LogP contribution in [0.25, 0.3) is 0 Å². The summed E-state index contributed by atoms with van der Waals surface area (Å²) in [4.78, 5) is 2.41. The minimum atomic E-state index is 0.330. The van der Waals surface area contributed by atoms with Gasteiger partial charge in [-0.3, -0.25) is 4.90 Å². The van der Waals surface area contributed by atoms with Crippen molar-refractivity contribution in [3.63, 3.8) is 0 Å². The third kappa shape index (κ3) is 2.36. The van der Waals surface area contributed by atoms with E-state index in [2.05, 4.69) is 29.2 Å². The molecule has 0 spiro atoms. The van der Waals surface area contributed by atoms with E-state index in [0.29, 0.717) is 6.04 Å². The molecule has 1 aliphatic rings. The minimum Gasteiger partial charge on any atom is -0.384 e. The molecule has 0 aromatic carbocycles. The number of piperazine rings is 1. The summed E-state index contributed by atoms with van der Waals surface area (Å²) in [6.07, 6.45) is 1.90. The highest BCUT2D eigenvalue weighted by molar-refractivity contribution is 5.38. The van der Waals surface area contributed by atoms with Crippen LogP contribution in [0, 0.1) is 0 Å². The van der Waals surface area contributed by atoms with Crippen molar-refractivity contribution in [1.29, 1.82) is 0 Å². The summed E-state index contributed by atoms with van der Waals surface area (Å²) in [5.74, 6) is 0.813. The van der Waals surface area contributed by atoms with Crippen molar-refractivity contribution < 1.29 is 0 Å². The van der Waals surface area contributed by atoms with Crippen LogP contribution in [0.1, 0.15) is 25.5 Å². The smallest absolute Gasteiger partial charge is 0.126 e. The monoisotopic (exact) mass is 223 g/mol. The summed E-state index contributed by atoms with van der Waals surface area (Å²) in [5.41, 5.74) is 7.23. The van der Waals surface area contributed by atoms with Crippen molar-refractivity contribution in [1.82, 2.24) is 20.0 Å². The first-order valence-corrected chi connectivity index (χ1v) is 5.93. The summed E-state index contributed by atoms with van der Waals surface area (Å²) in [6, 6.07) is 0.330. The van der Waals surface area contributed by atoms with E-state index in [1.807, 2.05) is 10.9 Å². The molecule has 0 radical (unpaired) electrons. The molecule has 3 N–H and O–H groups in total. The zero-order valence-electron chi connectivity index (χ0n) is 10.1. The normalized spacial score (nSPS) is 18.2. The zero-order chi connectivity index (χ0) is 11.5. The average molecular weight is 223 g/mol. The number of nitrogens with one attached hydrogen (secondary N) is 1. The topological polar surface area (TPSA) is 59.1 Å². The fourth-order valence-electron chi connectivity index (χ4n) is 2.05. The van der Waals surface area contributed by atoms with Gasteiger partial charge in [-0.15, -0.1) is 0 Å². The van der Waals surface area contributed by atoms with Gasteiger partial charge in [-0.2, -0.15) is 5.10 Å². The van der Waals surface area contributed by atoms with Crippen molar-refractivity contribution in [2.24, 2.45) is 0 Å². The quantitative estimate of drug-likeness (QED) is 0.781. The van der Waals surface area contributed by atoms with Crippen LogP contribution < -0.4 is 11.1 Å². The molecule has 0 amide bonds. The van der Waals surface area contributed by atoms with E-state index in [9.17, 15) is 0 Å². The molecule has 1 aromatic rings. The Balaban J connectivity index is 2.03. The van der Waals surface area contributed by atoms with E-state index in [4.69, 9.17) is 5.73 Å². The van der Waals surface area contributed by atoms with Crippen LogP contribution in [0.15, 0.2) is 6.20 Å². The summed E-state index contributed by atoms with van der Waals surface area (Å²) in [6.45, 7) is 9.42. The molecule has 1 saturated heterocycles. The maximum Gasteiger partial charge on any atom is 0.126 e. The molecule has 0 bridgehead atoms. The van der Waals surface area contributed by atoms with Gasteiger partial charge in [0.2, 0.25) is 0 Å². The highest BCUT2D eigenvalue weighted by atomic mass is 15.3. The Hall–Kier alpha value is -1.07. The molecular weight excluding hydrogens is 202 g/mol. The van der Waals surface area contributed by atoms with Gasteiger partial charge in [0, 0.05) is 44.3 Å². The number of nitrogens with zero attached hydrogens (tertiary/aromatic N) is 3. The Morgan fingerprint density at radius 2 is 2.12 bits per heavy atom. The molecule has 1 aliphatic heterocycles. The van der Waals surface area contributed by atoms with Gasteiger partial charge in [0.25, 0.3) is 0 Å². The number of hydrogen-bond acceptors (Lipinski definition) is 4. The van der Waals surface area contributed by atoms with E-state index in [1.54, 1.807) is 0 Å². The predicted octanol–water partition coefficient (Wildman–Crippen LogP) is 0.451. The molecule has 1 aromatic heterocycles. The summed E-state index contributed by atoms with van der Waals surface area (Å²) in [7, 11) is 0. The van der Waals surface area contributed by atoms with Crippen LogP contribution in [0.5, 0.6) is 0 Å². The predicted molar refractivity (Wildman–Crippen MR) is 65.2 cm³/mol. The van der Waals surface area contributed by atoms with Gasteiger partial charge in [0.05, 0.1) is 6.20 Å². The van der Waals surface area contributed by atoms with Crippen LogP contribution in [-0.4, -0.2) is 40.9 Å². The highest BCUT2D eigenvalue weighted by Crippen LogP contribution is 2.17.